The number of rotatable bonds is 8. The molecule has 2 heterocycles. The van der Waals surface area contributed by atoms with Crippen LogP contribution >= 0.6 is 0 Å². The van der Waals surface area contributed by atoms with E-state index in [1.807, 2.05) is 24.3 Å². The van der Waals surface area contributed by atoms with Gasteiger partial charge in [0.25, 0.3) is 0 Å². The van der Waals surface area contributed by atoms with Gasteiger partial charge in [-0.1, -0.05) is 13.5 Å². The zero-order valence-electron chi connectivity index (χ0n) is 20.9. The topological polar surface area (TPSA) is 109 Å². The summed E-state index contributed by atoms with van der Waals surface area (Å²) < 4.78 is 27.1. The Morgan fingerprint density at radius 2 is 1.97 bits per heavy atom. The van der Waals surface area contributed by atoms with Gasteiger partial charge in [0.2, 0.25) is 17.8 Å². The van der Waals surface area contributed by atoms with Crippen molar-refractivity contribution < 1.29 is 13.6 Å². The van der Waals surface area contributed by atoms with Crippen molar-refractivity contribution in [3.05, 3.63) is 42.6 Å². The zero-order chi connectivity index (χ0) is 26.4. The molecule has 37 heavy (non-hydrogen) atoms. The van der Waals surface area contributed by atoms with Crippen molar-refractivity contribution in [1.82, 2.24) is 14.9 Å². The van der Waals surface area contributed by atoms with Gasteiger partial charge in [-0.25, -0.2) is 13.8 Å². The largest absolute Gasteiger partial charge is 0.369 e. The summed E-state index contributed by atoms with van der Waals surface area (Å²) in [5, 5.41) is 18.6. The molecule has 0 spiro atoms. The number of hydrogen-bond acceptors (Lipinski definition) is 8. The predicted octanol–water partition coefficient (Wildman–Crippen LogP) is 4.35. The highest BCUT2D eigenvalue weighted by Crippen LogP contribution is 2.35. The van der Waals surface area contributed by atoms with Crippen LogP contribution in [0.15, 0.2) is 37.1 Å². The smallest absolute Gasteiger partial charge is 0.248 e. The first-order valence-electron chi connectivity index (χ1n) is 12.5. The number of likely N-dealkylation sites (N-methyl/N-ethyl adjacent to an activating group) is 1. The van der Waals surface area contributed by atoms with Crippen LogP contribution in [0.3, 0.4) is 0 Å². The average molecular weight is 511 g/mol. The highest BCUT2D eigenvalue weighted by molar-refractivity contribution is 6.01. The lowest BCUT2D eigenvalue weighted by atomic mass is 9.92. The molecule has 4 rings (SSSR count). The molecule has 1 saturated carbocycles. The van der Waals surface area contributed by atoms with Gasteiger partial charge in [-0.2, -0.15) is 10.2 Å². The SMILES string of the molecule is C=CC(=O)Nc1cc(N2CCN(CC)CC2)ccc1Nc1ncc(C#N)c(NC2CCC(F)(F)CC2)n1. The second-order valence-corrected chi connectivity index (χ2v) is 9.31. The molecule has 0 unspecified atom stereocenters. The van der Waals surface area contributed by atoms with Crippen LogP contribution in [0.2, 0.25) is 0 Å². The maximum atomic E-state index is 13.5. The molecule has 196 valence electrons. The minimum atomic E-state index is -2.64. The highest BCUT2D eigenvalue weighted by Gasteiger charge is 2.35. The fourth-order valence-electron chi connectivity index (χ4n) is 4.58. The van der Waals surface area contributed by atoms with Crippen molar-refractivity contribution in [2.24, 2.45) is 0 Å². The Morgan fingerprint density at radius 3 is 2.62 bits per heavy atom. The molecule has 1 saturated heterocycles. The Balaban J connectivity index is 1.54. The molecule has 11 heteroatoms. The summed E-state index contributed by atoms with van der Waals surface area (Å²) in [7, 11) is 0. The molecule has 1 aliphatic heterocycles. The van der Waals surface area contributed by atoms with E-state index in [4.69, 9.17) is 0 Å². The lowest BCUT2D eigenvalue weighted by Gasteiger charge is -2.35. The lowest BCUT2D eigenvalue weighted by molar-refractivity contribution is -0.111. The number of nitrogens with zero attached hydrogens (tertiary/aromatic N) is 5. The van der Waals surface area contributed by atoms with E-state index in [0.29, 0.717) is 11.4 Å². The van der Waals surface area contributed by atoms with E-state index in [-0.39, 0.29) is 55.0 Å². The number of piperazine rings is 1. The van der Waals surface area contributed by atoms with Gasteiger partial charge in [0.05, 0.1) is 17.6 Å². The summed E-state index contributed by atoms with van der Waals surface area (Å²) in [4.78, 5) is 25.5. The van der Waals surface area contributed by atoms with E-state index in [0.717, 1.165) is 38.4 Å². The molecule has 0 radical (unpaired) electrons. The van der Waals surface area contributed by atoms with Gasteiger partial charge in [0, 0.05) is 50.7 Å². The zero-order valence-corrected chi connectivity index (χ0v) is 20.9. The first-order valence-corrected chi connectivity index (χ1v) is 12.5. The number of nitrogens with one attached hydrogen (secondary N) is 3. The number of carbonyl (C=O) groups is 1. The van der Waals surface area contributed by atoms with Gasteiger partial charge in [-0.3, -0.25) is 4.79 Å². The summed E-state index contributed by atoms with van der Waals surface area (Å²) in [6, 6.07) is 7.56. The third kappa shape index (κ3) is 6.71. The molecule has 1 amide bonds. The fraction of sp³-hybridized carbons (Fsp3) is 0.462. The molecule has 1 aromatic carbocycles. The number of anilines is 5. The fourth-order valence-corrected chi connectivity index (χ4v) is 4.58. The van der Waals surface area contributed by atoms with Crippen molar-refractivity contribution in [2.45, 2.75) is 44.6 Å². The van der Waals surface area contributed by atoms with Crippen LogP contribution in [0.4, 0.5) is 37.6 Å². The number of halogens is 2. The Hall–Kier alpha value is -3.78. The monoisotopic (exact) mass is 510 g/mol. The lowest BCUT2D eigenvalue weighted by Crippen LogP contribution is -2.46. The van der Waals surface area contributed by atoms with Crippen molar-refractivity contribution in [3.63, 3.8) is 0 Å². The quantitative estimate of drug-likeness (QED) is 0.450. The van der Waals surface area contributed by atoms with Gasteiger partial charge in [0.1, 0.15) is 17.5 Å². The first kappa shape index (κ1) is 26.3. The van der Waals surface area contributed by atoms with Crippen LogP contribution < -0.4 is 20.9 Å². The maximum Gasteiger partial charge on any atom is 0.248 e. The number of hydrogen-bond donors (Lipinski definition) is 3. The third-order valence-electron chi connectivity index (χ3n) is 6.84. The van der Waals surface area contributed by atoms with E-state index < -0.39 is 5.92 Å². The van der Waals surface area contributed by atoms with Crippen LogP contribution in [-0.4, -0.2) is 65.5 Å². The maximum absolute atomic E-state index is 13.5. The predicted molar refractivity (Wildman–Crippen MR) is 140 cm³/mol. The molecular formula is C26H32F2N8O. The number of benzene rings is 1. The van der Waals surface area contributed by atoms with Crippen LogP contribution in [0.5, 0.6) is 0 Å². The summed E-state index contributed by atoms with van der Waals surface area (Å²) in [5.74, 6) is -2.50. The summed E-state index contributed by atoms with van der Waals surface area (Å²) in [6.45, 7) is 10.4. The number of alkyl halides is 2. The Bertz CT molecular complexity index is 1160. The van der Waals surface area contributed by atoms with E-state index in [1.165, 1.54) is 12.3 Å². The second kappa shape index (κ2) is 11.5. The molecule has 2 fully saturated rings. The molecule has 2 aromatic rings. The summed E-state index contributed by atoms with van der Waals surface area (Å²) in [6.07, 6.45) is 2.76. The van der Waals surface area contributed by atoms with E-state index in [2.05, 4.69) is 49.2 Å². The second-order valence-electron chi connectivity index (χ2n) is 9.31. The minimum absolute atomic E-state index is 0.199. The number of carbonyl (C=O) groups excluding carboxylic acids is 1. The Kier molecular flexibility index (Phi) is 8.18. The van der Waals surface area contributed by atoms with E-state index in [1.54, 1.807) is 0 Å². The normalized spacial score (nSPS) is 18.1. The van der Waals surface area contributed by atoms with Crippen LogP contribution in [0.1, 0.15) is 38.2 Å². The first-order chi connectivity index (χ1) is 17.8. The molecule has 9 nitrogen and oxygen atoms in total. The van der Waals surface area contributed by atoms with Gasteiger partial charge in [0.15, 0.2) is 0 Å². The van der Waals surface area contributed by atoms with Gasteiger partial charge in [-0.05, 0) is 43.7 Å². The van der Waals surface area contributed by atoms with Crippen LogP contribution in [0, 0.1) is 11.3 Å². The minimum Gasteiger partial charge on any atom is -0.369 e. The number of aromatic nitrogens is 2. The number of amides is 1. The Morgan fingerprint density at radius 1 is 1.24 bits per heavy atom. The van der Waals surface area contributed by atoms with Gasteiger partial charge in [-0.15, -0.1) is 0 Å². The van der Waals surface area contributed by atoms with Crippen molar-refractivity contribution in [2.75, 3.05) is 53.6 Å². The van der Waals surface area contributed by atoms with E-state index >= 15 is 0 Å². The third-order valence-corrected chi connectivity index (χ3v) is 6.84. The molecule has 2 aliphatic rings. The highest BCUT2D eigenvalue weighted by atomic mass is 19.3. The number of nitriles is 1. The van der Waals surface area contributed by atoms with Gasteiger partial charge >= 0.3 is 0 Å². The molecule has 1 aliphatic carbocycles. The molecule has 1 aromatic heterocycles. The average Bonchev–Trinajstić information content (AvgIpc) is 2.91. The van der Waals surface area contributed by atoms with Crippen LogP contribution in [-0.2, 0) is 4.79 Å². The summed E-state index contributed by atoms with van der Waals surface area (Å²) >= 11 is 0. The summed E-state index contributed by atoms with van der Waals surface area (Å²) in [5.41, 5.74) is 2.32. The molecule has 0 bridgehead atoms. The molecule has 3 N–H and O–H groups in total. The standard InChI is InChI=1S/C26H32F2N8O/c1-3-23(37)32-22-15-20(36-13-11-35(4-2)12-14-36)5-6-21(22)33-25-30-17-18(16-29)24(34-25)31-19-7-9-26(27,28)10-8-19/h3,5-6,15,17,19H,1,4,7-14H2,2H3,(H,32,37)(H2,30,31,33,34). The van der Waals surface area contributed by atoms with Gasteiger partial charge < -0.3 is 25.8 Å². The molecule has 0 atom stereocenters. The van der Waals surface area contributed by atoms with Crippen molar-refractivity contribution >= 4 is 34.7 Å². The van der Waals surface area contributed by atoms with Crippen molar-refractivity contribution in [1.29, 1.82) is 5.26 Å². The van der Waals surface area contributed by atoms with Crippen LogP contribution in [0.25, 0.3) is 0 Å². The molecular weight excluding hydrogens is 478 g/mol. The Labute approximate surface area is 215 Å². The van der Waals surface area contributed by atoms with Crippen molar-refractivity contribution in [3.8, 4) is 6.07 Å². The van der Waals surface area contributed by atoms with E-state index in [9.17, 15) is 18.8 Å².